The molecule has 18 heavy (non-hydrogen) atoms. The Kier molecular flexibility index (Phi) is 4.49. The van der Waals surface area contributed by atoms with Crippen molar-refractivity contribution in [2.24, 2.45) is 0 Å². The zero-order valence-electron chi connectivity index (χ0n) is 10.3. The van der Waals surface area contributed by atoms with Crippen molar-refractivity contribution in [3.05, 3.63) is 29.6 Å². The minimum absolute atomic E-state index is 0.234. The molecule has 0 saturated carbocycles. The highest BCUT2D eigenvalue weighted by atomic mass is 32.1. The van der Waals surface area contributed by atoms with E-state index >= 15 is 0 Å². The molecule has 0 aliphatic carbocycles. The minimum Gasteiger partial charge on any atom is -0.376 e. The molecule has 1 aliphatic heterocycles. The number of rotatable bonds is 3. The van der Waals surface area contributed by atoms with E-state index in [2.05, 4.69) is 10.6 Å². The second-order valence-electron chi connectivity index (χ2n) is 4.43. The van der Waals surface area contributed by atoms with Crippen molar-refractivity contribution < 1.29 is 9.13 Å². The summed E-state index contributed by atoms with van der Waals surface area (Å²) in [6.07, 6.45) is 2.41. The molecule has 1 heterocycles. The van der Waals surface area contributed by atoms with E-state index < -0.39 is 0 Å². The Morgan fingerprint density at radius 3 is 3.06 bits per heavy atom. The van der Waals surface area contributed by atoms with Gasteiger partial charge in [-0.25, -0.2) is 4.39 Å². The van der Waals surface area contributed by atoms with E-state index in [1.165, 1.54) is 6.07 Å². The summed E-state index contributed by atoms with van der Waals surface area (Å²) in [5.41, 5.74) is 1.28. The number of hydrogen-bond donors (Lipinski definition) is 2. The number of aryl methyl sites for hydroxylation is 1. The maximum absolute atomic E-state index is 13.3. The maximum Gasteiger partial charge on any atom is 0.170 e. The highest BCUT2D eigenvalue weighted by Crippen LogP contribution is 2.14. The third kappa shape index (κ3) is 3.65. The Balaban J connectivity index is 1.80. The topological polar surface area (TPSA) is 33.3 Å². The van der Waals surface area contributed by atoms with Gasteiger partial charge in [-0.05, 0) is 49.7 Å². The molecule has 0 radical (unpaired) electrons. The molecule has 1 atom stereocenters. The first-order valence-electron chi connectivity index (χ1n) is 6.08. The fourth-order valence-electron chi connectivity index (χ4n) is 1.86. The maximum atomic E-state index is 13.3. The van der Waals surface area contributed by atoms with E-state index in [1.54, 1.807) is 19.1 Å². The van der Waals surface area contributed by atoms with Gasteiger partial charge in [0.25, 0.3) is 0 Å². The predicted octanol–water partition coefficient (Wildman–Crippen LogP) is 2.60. The Bertz CT molecular complexity index is 433. The van der Waals surface area contributed by atoms with E-state index in [-0.39, 0.29) is 11.9 Å². The lowest BCUT2D eigenvalue weighted by Crippen LogP contribution is -2.34. The molecule has 2 N–H and O–H groups in total. The molecule has 0 unspecified atom stereocenters. The number of thiocarbonyl (C=S) groups is 1. The third-order valence-electron chi connectivity index (χ3n) is 2.94. The van der Waals surface area contributed by atoms with Gasteiger partial charge in [0.1, 0.15) is 5.82 Å². The Morgan fingerprint density at radius 2 is 2.39 bits per heavy atom. The number of benzene rings is 1. The highest BCUT2D eigenvalue weighted by Gasteiger charge is 2.15. The molecule has 0 amide bonds. The predicted molar refractivity (Wildman–Crippen MR) is 74.3 cm³/mol. The summed E-state index contributed by atoms with van der Waals surface area (Å²) < 4.78 is 18.8. The van der Waals surface area contributed by atoms with Crippen LogP contribution in [0.3, 0.4) is 0 Å². The third-order valence-corrected chi connectivity index (χ3v) is 3.19. The normalized spacial score (nSPS) is 18.7. The Morgan fingerprint density at radius 1 is 1.56 bits per heavy atom. The number of anilines is 1. The quantitative estimate of drug-likeness (QED) is 0.826. The van der Waals surface area contributed by atoms with Crippen LogP contribution in [-0.2, 0) is 4.74 Å². The van der Waals surface area contributed by atoms with Crippen molar-refractivity contribution >= 4 is 23.0 Å². The molecule has 3 nitrogen and oxygen atoms in total. The van der Waals surface area contributed by atoms with Gasteiger partial charge >= 0.3 is 0 Å². The van der Waals surface area contributed by atoms with Gasteiger partial charge < -0.3 is 15.4 Å². The summed E-state index contributed by atoms with van der Waals surface area (Å²) in [4.78, 5) is 0. The summed E-state index contributed by atoms with van der Waals surface area (Å²) in [6.45, 7) is 3.25. The van der Waals surface area contributed by atoms with Gasteiger partial charge in [0.2, 0.25) is 0 Å². The largest absolute Gasteiger partial charge is 0.376 e. The van der Waals surface area contributed by atoms with Crippen molar-refractivity contribution in [2.75, 3.05) is 18.5 Å². The molecule has 0 aromatic heterocycles. The van der Waals surface area contributed by atoms with Crippen molar-refractivity contribution in [1.29, 1.82) is 0 Å². The molecule has 0 spiro atoms. The van der Waals surface area contributed by atoms with Crippen molar-refractivity contribution in [3.63, 3.8) is 0 Å². The zero-order chi connectivity index (χ0) is 13.0. The molecule has 0 bridgehead atoms. The standard InChI is InChI=1S/C13H17FN2OS/c1-9-4-5-10(7-12(9)14)16-13(18)15-8-11-3-2-6-17-11/h4-5,7,11H,2-3,6,8H2,1H3,(H2,15,16,18)/t11-/m1/s1. The first-order chi connectivity index (χ1) is 8.65. The lowest BCUT2D eigenvalue weighted by Gasteiger charge is -2.14. The summed E-state index contributed by atoms with van der Waals surface area (Å²) in [5, 5.41) is 6.53. The monoisotopic (exact) mass is 268 g/mol. The van der Waals surface area contributed by atoms with E-state index in [1.807, 2.05) is 0 Å². The number of hydrogen-bond acceptors (Lipinski definition) is 2. The van der Waals surface area contributed by atoms with Gasteiger partial charge in [-0.3, -0.25) is 0 Å². The molecule has 1 fully saturated rings. The van der Waals surface area contributed by atoms with Gasteiger partial charge in [-0.1, -0.05) is 6.07 Å². The van der Waals surface area contributed by atoms with Gasteiger partial charge in [0.15, 0.2) is 5.11 Å². The highest BCUT2D eigenvalue weighted by molar-refractivity contribution is 7.80. The molecule has 2 rings (SSSR count). The van der Waals surface area contributed by atoms with Crippen LogP contribution in [0.4, 0.5) is 10.1 Å². The lowest BCUT2D eigenvalue weighted by molar-refractivity contribution is 0.114. The van der Waals surface area contributed by atoms with Crippen LogP contribution in [0.25, 0.3) is 0 Å². The second kappa shape index (κ2) is 6.11. The minimum atomic E-state index is -0.234. The second-order valence-corrected chi connectivity index (χ2v) is 4.84. The van der Waals surface area contributed by atoms with Crippen LogP contribution in [0, 0.1) is 12.7 Å². The van der Waals surface area contributed by atoms with E-state index in [9.17, 15) is 4.39 Å². The van der Waals surface area contributed by atoms with E-state index in [0.29, 0.717) is 22.9 Å². The first kappa shape index (κ1) is 13.2. The van der Waals surface area contributed by atoms with Crippen molar-refractivity contribution in [2.45, 2.75) is 25.9 Å². The van der Waals surface area contributed by atoms with Crippen LogP contribution in [0.5, 0.6) is 0 Å². The van der Waals surface area contributed by atoms with Crippen LogP contribution in [-0.4, -0.2) is 24.4 Å². The first-order valence-corrected chi connectivity index (χ1v) is 6.48. The molecule has 1 aromatic rings. The lowest BCUT2D eigenvalue weighted by atomic mass is 10.2. The van der Waals surface area contributed by atoms with Crippen LogP contribution in [0.2, 0.25) is 0 Å². The van der Waals surface area contributed by atoms with E-state index in [4.69, 9.17) is 17.0 Å². The summed E-state index contributed by atoms with van der Waals surface area (Å²) in [7, 11) is 0. The number of nitrogens with one attached hydrogen (secondary N) is 2. The average molecular weight is 268 g/mol. The van der Waals surface area contributed by atoms with Crippen LogP contribution >= 0.6 is 12.2 Å². The van der Waals surface area contributed by atoms with Crippen LogP contribution < -0.4 is 10.6 Å². The summed E-state index contributed by atoms with van der Waals surface area (Å²) in [5.74, 6) is -0.234. The molecular formula is C13H17FN2OS. The van der Waals surface area contributed by atoms with Crippen LogP contribution in [0.15, 0.2) is 18.2 Å². The molecule has 1 aromatic carbocycles. The van der Waals surface area contributed by atoms with Gasteiger partial charge in [-0.15, -0.1) is 0 Å². The summed E-state index contributed by atoms with van der Waals surface area (Å²) in [6, 6.07) is 4.97. The molecule has 98 valence electrons. The number of halogens is 1. The van der Waals surface area contributed by atoms with Gasteiger partial charge in [-0.2, -0.15) is 0 Å². The van der Waals surface area contributed by atoms with Crippen LogP contribution in [0.1, 0.15) is 18.4 Å². The van der Waals surface area contributed by atoms with E-state index in [0.717, 1.165) is 19.4 Å². The molecule has 1 aliphatic rings. The fraction of sp³-hybridized carbons (Fsp3) is 0.462. The smallest absolute Gasteiger partial charge is 0.170 e. The van der Waals surface area contributed by atoms with Crippen molar-refractivity contribution in [1.82, 2.24) is 5.32 Å². The zero-order valence-corrected chi connectivity index (χ0v) is 11.1. The fourth-order valence-corrected chi connectivity index (χ4v) is 2.06. The molecule has 1 saturated heterocycles. The Hall–Kier alpha value is -1.20. The summed E-state index contributed by atoms with van der Waals surface area (Å²) >= 11 is 5.15. The number of ether oxygens (including phenoxy) is 1. The Labute approximate surface area is 112 Å². The van der Waals surface area contributed by atoms with Gasteiger partial charge in [0, 0.05) is 18.8 Å². The average Bonchev–Trinajstić information content (AvgIpc) is 2.84. The molecule has 5 heteroatoms. The molecular weight excluding hydrogens is 251 g/mol. The van der Waals surface area contributed by atoms with Gasteiger partial charge in [0.05, 0.1) is 6.10 Å². The van der Waals surface area contributed by atoms with Crippen molar-refractivity contribution in [3.8, 4) is 0 Å². The SMILES string of the molecule is Cc1ccc(NC(=S)NC[C@H]2CCCO2)cc1F.